The van der Waals surface area contributed by atoms with E-state index >= 15 is 4.39 Å². The first-order valence-corrected chi connectivity index (χ1v) is 10.9. The molecule has 4 rings (SSSR count). The first-order valence-electron chi connectivity index (χ1n) is 10.9. The molecule has 0 aliphatic carbocycles. The van der Waals surface area contributed by atoms with Gasteiger partial charge in [0.25, 0.3) is 0 Å². The molecule has 1 aliphatic rings. The normalized spacial score (nSPS) is 13.6. The number of aromatic nitrogens is 2. The number of halogens is 2. The number of hydrogen-bond donors (Lipinski definition) is 1. The molecule has 182 valence electrons. The number of carbonyl (C=O) groups is 1. The Kier molecular flexibility index (Phi) is 6.82. The number of rotatable bonds is 6. The summed E-state index contributed by atoms with van der Waals surface area (Å²) in [6.07, 6.45) is 0.645. The van der Waals surface area contributed by atoms with E-state index in [0.717, 1.165) is 5.56 Å². The van der Waals surface area contributed by atoms with Gasteiger partial charge in [-0.05, 0) is 30.2 Å². The third-order valence-corrected chi connectivity index (χ3v) is 5.99. The number of anilines is 2. The molecular weight excluding hydrogens is 458 g/mol. The minimum atomic E-state index is -0.689. The Morgan fingerprint density at radius 2 is 1.89 bits per heavy atom. The Morgan fingerprint density at radius 3 is 2.54 bits per heavy atom. The van der Waals surface area contributed by atoms with Crippen LogP contribution in [0.15, 0.2) is 24.3 Å². The predicted octanol–water partition coefficient (Wildman–Crippen LogP) is 2.66. The second-order valence-electron chi connectivity index (χ2n) is 8.02. The average Bonchev–Trinajstić information content (AvgIpc) is 2.88. The van der Waals surface area contributed by atoms with E-state index in [9.17, 15) is 9.18 Å². The van der Waals surface area contributed by atoms with Crippen LogP contribution in [0.4, 0.5) is 20.5 Å². The number of carbonyl (C=O) groups excluding carboxylic acids is 1. The first-order chi connectivity index (χ1) is 16.9. The fourth-order valence-corrected chi connectivity index (χ4v) is 4.06. The van der Waals surface area contributed by atoms with Gasteiger partial charge in [-0.3, -0.25) is 4.79 Å². The average molecular weight is 482 g/mol. The molecule has 1 aromatic heterocycles. The zero-order chi connectivity index (χ0) is 25.1. The van der Waals surface area contributed by atoms with Gasteiger partial charge >= 0.3 is 0 Å². The van der Waals surface area contributed by atoms with Crippen molar-refractivity contribution < 1.29 is 23.0 Å². The molecule has 35 heavy (non-hydrogen) atoms. The van der Waals surface area contributed by atoms with Gasteiger partial charge in [0.15, 0.2) is 17.3 Å². The Hall–Kier alpha value is -4.20. The monoisotopic (exact) mass is 482 g/mol. The fraction of sp³-hybridized carbons (Fsp3) is 0.333. The largest absolute Gasteiger partial charge is 0.493 e. The summed E-state index contributed by atoms with van der Waals surface area (Å²) >= 11 is 0. The molecule has 0 bridgehead atoms. The van der Waals surface area contributed by atoms with E-state index in [2.05, 4.69) is 9.97 Å². The van der Waals surface area contributed by atoms with E-state index in [0.29, 0.717) is 38.0 Å². The summed E-state index contributed by atoms with van der Waals surface area (Å²) in [5.74, 6) is -0.809. The molecule has 9 nitrogen and oxygen atoms in total. The Labute approximate surface area is 200 Å². The second kappa shape index (κ2) is 9.97. The van der Waals surface area contributed by atoms with E-state index in [-0.39, 0.29) is 46.7 Å². The molecule has 2 aromatic carbocycles. The van der Waals surface area contributed by atoms with Gasteiger partial charge in [0.1, 0.15) is 23.2 Å². The lowest BCUT2D eigenvalue weighted by atomic mass is 10.1. The van der Waals surface area contributed by atoms with Crippen molar-refractivity contribution in [1.29, 1.82) is 5.26 Å². The van der Waals surface area contributed by atoms with Crippen LogP contribution < -0.4 is 20.1 Å². The lowest BCUT2D eigenvalue weighted by molar-refractivity contribution is -0.131. The van der Waals surface area contributed by atoms with Crippen molar-refractivity contribution in [2.45, 2.75) is 12.8 Å². The van der Waals surface area contributed by atoms with Gasteiger partial charge in [0, 0.05) is 38.0 Å². The molecule has 0 radical (unpaired) electrons. The third kappa shape index (κ3) is 4.73. The Morgan fingerprint density at radius 1 is 1.14 bits per heavy atom. The zero-order valence-electron chi connectivity index (χ0n) is 19.3. The second-order valence-corrected chi connectivity index (χ2v) is 8.02. The van der Waals surface area contributed by atoms with Crippen LogP contribution in [0.25, 0.3) is 10.9 Å². The molecule has 1 amide bonds. The molecule has 2 heterocycles. The molecule has 2 N–H and O–H groups in total. The number of nitrogens with zero attached hydrogens (tertiary/aromatic N) is 5. The first kappa shape index (κ1) is 23.9. The van der Waals surface area contributed by atoms with Crippen LogP contribution in [0.1, 0.15) is 17.5 Å². The summed E-state index contributed by atoms with van der Waals surface area (Å²) < 4.78 is 38.8. The summed E-state index contributed by atoms with van der Waals surface area (Å²) in [6, 6.07) is 7.62. The van der Waals surface area contributed by atoms with Crippen molar-refractivity contribution in [3.63, 3.8) is 0 Å². The van der Waals surface area contributed by atoms with Crippen LogP contribution in [-0.4, -0.2) is 61.2 Å². The highest BCUT2D eigenvalue weighted by Gasteiger charge is 2.25. The smallest absolute Gasteiger partial charge is 0.228 e. The van der Waals surface area contributed by atoms with Gasteiger partial charge in [0.2, 0.25) is 11.9 Å². The molecular formula is C24H24F2N6O3. The quantitative estimate of drug-likeness (QED) is 0.570. The van der Waals surface area contributed by atoms with Crippen LogP contribution in [0.2, 0.25) is 0 Å². The maximum Gasteiger partial charge on any atom is 0.228 e. The molecule has 0 spiro atoms. The topological polar surface area (TPSA) is 118 Å². The van der Waals surface area contributed by atoms with Crippen molar-refractivity contribution in [2.75, 3.05) is 51.0 Å². The number of nitriles is 1. The predicted molar refractivity (Wildman–Crippen MR) is 125 cm³/mol. The lowest BCUT2D eigenvalue weighted by Crippen LogP contribution is -2.49. The summed E-state index contributed by atoms with van der Waals surface area (Å²) in [5, 5.41) is 9.28. The van der Waals surface area contributed by atoms with Gasteiger partial charge in [-0.25, -0.2) is 13.8 Å². The van der Waals surface area contributed by atoms with Crippen molar-refractivity contribution in [1.82, 2.24) is 14.9 Å². The number of aryl methyl sites for hydroxylation is 1. The van der Waals surface area contributed by atoms with Gasteiger partial charge in [-0.15, -0.1) is 0 Å². The highest BCUT2D eigenvalue weighted by molar-refractivity contribution is 5.92. The number of amides is 1. The van der Waals surface area contributed by atoms with Gasteiger partial charge < -0.3 is 25.0 Å². The molecule has 3 aromatic rings. The molecule has 1 aliphatic heterocycles. The number of methoxy groups -OCH3 is 2. The standard InChI is InChI=1S/C24H24F2N6O3/c1-34-18-12-16-21(20(26)22(18)35-2)29-24(30-23(16)28)32-9-7-31(8-10-32)19(33)6-4-14-3-5-17(25)15(11-14)13-27/h3,5,11-12H,4,6-10H2,1-2H3,(H2,28,29,30). The van der Waals surface area contributed by atoms with Crippen molar-refractivity contribution >= 4 is 28.6 Å². The van der Waals surface area contributed by atoms with E-state index < -0.39 is 11.6 Å². The number of nitrogen functional groups attached to an aromatic ring is 1. The Bertz CT molecular complexity index is 1320. The van der Waals surface area contributed by atoms with Gasteiger partial charge in [-0.2, -0.15) is 10.2 Å². The number of fused-ring (bicyclic) bond motifs is 1. The van der Waals surface area contributed by atoms with E-state index in [1.165, 1.54) is 32.4 Å². The van der Waals surface area contributed by atoms with Crippen molar-refractivity contribution in [2.24, 2.45) is 0 Å². The molecule has 1 saturated heterocycles. The lowest BCUT2D eigenvalue weighted by Gasteiger charge is -2.35. The number of benzene rings is 2. The third-order valence-electron chi connectivity index (χ3n) is 5.99. The maximum atomic E-state index is 15.0. The number of ether oxygens (including phenoxy) is 2. The summed E-state index contributed by atoms with van der Waals surface area (Å²) in [4.78, 5) is 25.0. The summed E-state index contributed by atoms with van der Waals surface area (Å²) in [6.45, 7) is 1.75. The van der Waals surface area contributed by atoms with Crippen LogP contribution in [-0.2, 0) is 11.2 Å². The summed E-state index contributed by atoms with van der Waals surface area (Å²) in [7, 11) is 2.74. The van der Waals surface area contributed by atoms with Crippen molar-refractivity contribution in [3.05, 3.63) is 47.0 Å². The van der Waals surface area contributed by atoms with E-state index in [4.69, 9.17) is 20.5 Å². The van der Waals surface area contributed by atoms with Crippen LogP contribution in [0.3, 0.4) is 0 Å². The Balaban J connectivity index is 1.43. The van der Waals surface area contributed by atoms with Crippen LogP contribution in [0, 0.1) is 23.0 Å². The summed E-state index contributed by atoms with van der Waals surface area (Å²) in [5.41, 5.74) is 6.82. The van der Waals surface area contributed by atoms with E-state index in [1.807, 2.05) is 4.90 Å². The highest BCUT2D eigenvalue weighted by Crippen LogP contribution is 2.37. The fourth-order valence-electron chi connectivity index (χ4n) is 4.06. The SMILES string of the molecule is COc1cc2c(N)nc(N3CCN(C(=O)CCc4ccc(F)c(C#N)c4)CC3)nc2c(F)c1OC. The number of piperazine rings is 1. The minimum Gasteiger partial charge on any atom is -0.493 e. The molecule has 11 heteroatoms. The van der Waals surface area contributed by atoms with Crippen molar-refractivity contribution in [3.8, 4) is 17.6 Å². The van der Waals surface area contributed by atoms with E-state index in [1.54, 1.807) is 17.0 Å². The number of nitrogens with two attached hydrogens (primary N) is 1. The molecule has 0 saturated carbocycles. The maximum absolute atomic E-state index is 15.0. The highest BCUT2D eigenvalue weighted by atomic mass is 19.1. The van der Waals surface area contributed by atoms with Gasteiger partial charge in [0.05, 0.1) is 19.8 Å². The molecule has 0 atom stereocenters. The van der Waals surface area contributed by atoms with Crippen LogP contribution in [0.5, 0.6) is 11.5 Å². The molecule has 1 fully saturated rings. The van der Waals surface area contributed by atoms with Gasteiger partial charge in [-0.1, -0.05) is 6.07 Å². The van der Waals surface area contributed by atoms with Crippen LogP contribution >= 0.6 is 0 Å². The zero-order valence-corrected chi connectivity index (χ0v) is 19.3. The number of hydrogen-bond acceptors (Lipinski definition) is 8. The molecule has 0 unspecified atom stereocenters. The minimum absolute atomic E-state index is 0.0275.